The lowest BCUT2D eigenvalue weighted by atomic mass is 9.67. The van der Waals surface area contributed by atoms with E-state index in [0.717, 1.165) is 22.1 Å². The lowest BCUT2D eigenvalue weighted by molar-refractivity contribution is 0.768. The molecule has 0 fully saturated rings. The van der Waals surface area contributed by atoms with Gasteiger partial charge in [-0.15, -0.1) is 0 Å². The highest BCUT2D eigenvalue weighted by Gasteiger charge is 2.46. The summed E-state index contributed by atoms with van der Waals surface area (Å²) in [5.41, 5.74) is 12.5. The molecule has 0 aromatic heterocycles. The minimum Gasteiger partial charge on any atom is -0.310 e. The van der Waals surface area contributed by atoms with Gasteiger partial charge in [-0.2, -0.15) is 0 Å². The summed E-state index contributed by atoms with van der Waals surface area (Å²) in [6.07, 6.45) is 0. The summed E-state index contributed by atoms with van der Waals surface area (Å²) in [7, 11) is 0. The fourth-order valence-corrected chi connectivity index (χ4v) is 7.24. The smallest absolute Gasteiger partial charge is 0.0714 e. The number of hydrogen-bond acceptors (Lipinski definition) is 1. The van der Waals surface area contributed by atoms with E-state index in [0.29, 0.717) is 0 Å². The molecule has 2 heteroatoms. The summed E-state index contributed by atoms with van der Waals surface area (Å²) in [5, 5.41) is 0.738. The zero-order valence-corrected chi connectivity index (χ0v) is 25.4. The topological polar surface area (TPSA) is 3.24 Å². The number of para-hydroxylation sites is 1. The minimum absolute atomic E-state index is 0.539. The third kappa shape index (κ3) is 4.56. The molecule has 0 unspecified atom stereocenters. The molecule has 0 saturated carbocycles. The molecule has 1 nitrogen and oxygen atoms in total. The second kappa shape index (κ2) is 11.3. The molecular formula is C43H30ClN. The minimum atomic E-state index is -0.539. The summed E-state index contributed by atoms with van der Waals surface area (Å²) in [4.78, 5) is 2.36. The van der Waals surface area contributed by atoms with E-state index in [1.165, 1.54) is 44.5 Å². The lowest BCUT2D eigenvalue weighted by Gasteiger charge is -2.35. The molecule has 0 spiro atoms. The van der Waals surface area contributed by atoms with Crippen LogP contribution >= 0.6 is 11.6 Å². The molecule has 0 heterocycles. The first-order valence-electron chi connectivity index (χ1n) is 15.3. The lowest BCUT2D eigenvalue weighted by Crippen LogP contribution is -2.28. The molecule has 0 saturated heterocycles. The Hall–Kier alpha value is -5.37. The Morgan fingerprint density at radius 3 is 1.51 bits per heavy atom. The van der Waals surface area contributed by atoms with Gasteiger partial charge in [0.05, 0.1) is 5.41 Å². The van der Waals surface area contributed by atoms with Gasteiger partial charge >= 0.3 is 0 Å². The maximum Gasteiger partial charge on any atom is 0.0714 e. The Bertz CT molecular complexity index is 2070. The molecule has 0 amide bonds. The van der Waals surface area contributed by atoms with Crippen LogP contribution < -0.4 is 4.90 Å². The zero-order valence-electron chi connectivity index (χ0n) is 24.6. The van der Waals surface area contributed by atoms with Crippen LogP contribution in [-0.4, -0.2) is 0 Å². The number of halogens is 1. The van der Waals surface area contributed by atoms with Gasteiger partial charge in [-0.25, -0.2) is 0 Å². The molecule has 0 bridgehead atoms. The highest BCUT2D eigenvalue weighted by Crippen LogP contribution is 2.57. The van der Waals surface area contributed by atoms with Crippen molar-refractivity contribution in [1.29, 1.82) is 0 Å². The average molecular weight is 596 g/mol. The van der Waals surface area contributed by atoms with Crippen molar-refractivity contribution in [2.45, 2.75) is 5.41 Å². The Kier molecular flexibility index (Phi) is 6.82. The molecule has 0 radical (unpaired) electrons. The fourth-order valence-electron chi connectivity index (χ4n) is 7.07. The monoisotopic (exact) mass is 595 g/mol. The van der Waals surface area contributed by atoms with Crippen molar-refractivity contribution in [1.82, 2.24) is 0 Å². The largest absolute Gasteiger partial charge is 0.310 e. The molecule has 45 heavy (non-hydrogen) atoms. The quantitative estimate of drug-likeness (QED) is 0.185. The van der Waals surface area contributed by atoms with E-state index in [-0.39, 0.29) is 0 Å². The van der Waals surface area contributed by atoms with E-state index in [2.05, 4.69) is 181 Å². The van der Waals surface area contributed by atoms with Crippen LogP contribution in [0.15, 0.2) is 182 Å². The highest BCUT2D eigenvalue weighted by atomic mass is 35.5. The molecule has 7 aromatic carbocycles. The number of benzene rings is 7. The van der Waals surface area contributed by atoms with E-state index >= 15 is 0 Å². The standard InChI is InChI=1S/C43H30ClN/c44-35-24-26-39-40-27-25-38(30-42(40)43(41(39)29-35,33-17-7-2-8-18-33)34-19-9-3-10-20-34)45(36-21-11-4-12-22-36)37-23-13-16-32(28-37)31-14-5-1-6-15-31/h1-30H. The van der Waals surface area contributed by atoms with Crippen molar-refractivity contribution in [3.8, 4) is 22.3 Å². The van der Waals surface area contributed by atoms with Gasteiger partial charge in [-0.1, -0.05) is 145 Å². The van der Waals surface area contributed by atoms with E-state index in [1.807, 2.05) is 6.07 Å². The van der Waals surface area contributed by atoms with Crippen LogP contribution in [0, 0.1) is 0 Å². The van der Waals surface area contributed by atoms with Gasteiger partial charge in [-0.05, 0) is 93.0 Å². The number of rotatable bonds is 6. The van der Waals surface area contributed by atoms with Crippen molar-refractivity contribution < 1.29 is 0 Å². The van der Waals surface area contributed by atoms with Gasteiger partial charge in [0.2, 0.25) is 0 Å². The van der Waals surface area contributed by atoms with Crippen LogP contribution in [0.25, 0.3) is 22.3 Å². The number of fused-ring (bicyclic) bond motifs is 3. The predicted molar refractivity (Wildman–Crippen MR) is 189 cm³/mol. The van der Waals surface area contributed by atoms with Crippen molar-refractivity contribution >= 4 is 28.7 Å². The molecule has 8 rings (SSSR count). The SMILES string of the molecule is Clc1ccc2c(c1)C(c1ccccc1)(c1ccccc1)c1cc(N(c3ccccc3)c3cccc(-c4ccccc4)c3)ccc1-2. The number of anilines is 3. The summed E-state index contributed by atoms with van der Waals surface area (Å²) in [6.45, 7) is 0. The van der Waals surface area contributed by atoms with Gasteiger partial charge < -0.3 is 4.90 Å². The highest BCUT2D eigenvalue weighted by molar-refractivity contribution is 6.30. The first-order chi connectivity index (χ1) is 22.2. The van der Waals surface area contributed by atoms with Crippen LogP contribution in [0.2, 0.25) is 5.02 Å². The molecule has 0 N–H and O–H groups in total. The average Bonchev–Trinajstić information content (AvgIpc) is 3.39. The maximum absolute atomic E-state index is 6.77. The molecule has 214 valence electrons. The van der Waals surface area contributed by atoms with E-state index in [1.54, 1.807) is 0 Å². The Labute approximate surface area is 269 Å². The predicted octanol–water partition coefficient (Wildman–Crippen LogP) is 11.8. The first kappa shape index (κ1) is 27.2. The zero-order chi connectivity index (χ0) is 30.2. The second-order valence-electron chi connectivity index (χ2n) is 11.5. The molecule has 0 atom stereocenters. The summed E-state index contributed by atoms with van der Waals surface area (Å²) in [5.74, 6) is 0. The Morgan fingerprint density at radius 2 is 0.867 bits per heavy atom. The van der Waals surface area contributed by atoms with Gasteiger partial charge in [0, 0.05) is 22.1 Å². The van der Waals surface area contributed by atoms with Crippen LogP contribution in [0.3, 0.4) is 0 Å². The second-order valence-corrected chi connectivity index (χ2v) is 11.9. The summed E-state index contributed by atoms with van der Waals surface area (Å²) in [6, 6.07) is 65.0. The summed E-state index contributed by atoms with van der Waals surface area (Å²) >= 11 is 6.77. The molecule has 1 aliphatic rings. The molecule has 7 aromatic rings. The van der Waals surface area contributed by atoms with Crippen LogP contribution in [0.4, 0.5) is 17.1 Å². The third-order valence-electron chi connectivity index (χ3n) is 8.98. The van der Waals surface area contributed by atoms with Crippen molar-refractivity contribution in [2.24, 2.45) is 0 Å². The van der Waals surface area contributed by atoms with Gasteiger partial charge in [-0.3, -0.25) is 0 Å². The third-order valence-corrected chi connectivity index (χ3v) is 9.22. The number of hydrogen-bond donors (Lipinski definition) is 0. The van der Waals surface area contributed by atoms with Crippen LogP contribution in [0.1, 0.15) is 22.3 Å². The molecular weight excluding hydrogens is 566 g/mol. The normalized spacial score (nSPS) is 12.7. The van der Waals surface area contributed by atoms with E-state index in [9.17, 15) is 0 Å². The van der Waals surface area contributed by atoms with Gasteiger partial charge in [0.1, 0.15) is 0 Å². The van der Waals surface area contributed by atoms with Crippen molar-refractivity contribution in [3.05, 3.63) is 209 Å². The Balaban J connectivity index is 1.40. The van der Waals surface area contributed by atoms with Crippen molar-refractivity contribution in [3.63, 3.8) is 0 Å². The van der Waals surface area contributed by atoms with Gasteiger partial charge in [0.15, 0.2) is 0 Å². The Morgan fingerprint density at radius 1 is 0.378 bits per heavy atom. The molecule has 1 aliphatic carbocycles. The maximum atomic E-state index is 6.77. The fraction of sp³-hybridized carbons (Fsp3) is 0.0233. The van der Waals surface area contributed by atoms with Gasteiger partial charge in [0.25, 0.3) is 0 Å². The first-order valence-corrected chi connectivity index (χ1v) is 15.7. The van der Waals surface area contributed by atoms with Crippen molar-refractivity contribution in [2.75, 3.05) is 4.90 Å². The number of nitrogens with zero attached hydrogens (tertiary/aromatic N) is 1. The van der Waals surface area contributed by atoms with E-state index in [4.69, 9.17) is 11.6 Å². The van der Waals surface area contributed by atoms with E-state index < -0.39 is 5.41 Å². The summed E-state index contributed by atoms with van der Waals surface area (Å²) < 4.78 is 0. The molecule has 0 aliphatic heterocycles. The van der Waals surface area contributed by atoms with Crippen LogP contribution in [-0.2, 0) is 5.41 Å². The van der Waals surface area contributed by atoms with Crippen LogP contribution in [0.5, 0.6) is 0 Å².